The first kappa shape index (κ1) is 37.7. The van der Waals surface area contributed by atoms with Crippen molar-refractivity contribution >= 4 is 47.5 Å². The number of aliphatic hydroxyl groups is 4. The van der Waals surface area contributed by atoms with Crippen molar-refractivity contribution in [3.8, 4) is 5.75 Å². The summed E-state index contributed by atoms with van der Waals surface area (Å²) in [6, 6.07) is 2.43. The van der Waals surface area contributed by atoms with Crippen LogP contribution in [0, 0.1) is 0 Å². The normalized spacial score (nSPS) is 27.2. The second kappa shape index (κ2) is 17.2. The number of ether oxygens (including phenoxy) is 5. The fraction of sp³-hybridized carbons (Fsp3) is 0.613. The molecule has 20 nitrogen and oxygen atoms in total. The van der Waals surface area contributed by atoms with Crippen LogP contribution in [0.4, 0.5) is 0 Å². The summed E-state index contributed by atoms with van der Waals surface area (Å²) in [5.74, 6) is -23.3. The number of carbonyl (C=O) groups is 6. The number of nitrogens with one attached hydrogen (secondary N) is 1. The van der Waals surface area contributed by atoms with Gasteiger partial charge in [-0.2, -0.15) is 5.48 Å². The molecule has 0 saturated carbocycles. The Bertz CT molecular complexity index is 1570. The highest BCUT2D eigenvalue weighted by atomic mass is 32.2. The van der Waals surface area contributed by atoms with Gasteiger partial charge < -0.3 is 59.2 Å². The topological polar surface area (TPSA) is 294 Å². The highest BCUT2D eigenvalue weighted by Gasteiger charge is 2.81. The smallest absolute Gasteiger partial charge is 0.350 e. The Morgan fingerprint density at radius 3 is 2.00 bits per heavy atom. The zero-order chi connectivity index (χ0) is 42.8. The summed E-state index contributed by atoms with van der Waals surface area (Å²) in [5.41, 5.74) is -0.395. The van der Waals surface area contributed by atoms with E-state index in [1.807, 2.05) is 0 Å². The number of hydrogen-bond acceptors (Lipinski definition) is 19. The average Bonchev–Trinajstić information content (AvgIpc) is 3.13. The third kappa shape index (κ3) is 10.5. The molecule has 21 heteroatoms. The largest absolute Gasteiger partial charge is 0.508 e. The van der Waals surface area contributed by atoms with Crippen LogP contribution in [-0.4, -0.2) is 137 Å². The van der Waals surface area contributed by atoms with Gasteiger partial charge in [0.15, 0.2) is 11.5 Å². The van der Waals surface area contributed by atoms with Gasteiger partial charge >= 0.3 is 47.2 Å². The number of aliphatic hydroxyl groups excluding tert-OH is 1. The molecule has 2 rings (SSSR count). The third-order valence-electron chi connectivity index (χ3n) is 6.95. The number of phenolic OH excluding ortho intramolecular Hbond substituents is 1. The number of amides is 1. The van der Waals surface area contributed by atoms with Crippen LogP contribution in [0.5, 0.6) is 5.75 Å². The number of nitrogens with zero attached hydrogens (tertiary/aromatic N) is 1. The maximum Gasteiger partial charge on any atom is 0.350 e. The van der Waals surface area contributed by atoms with Crippen LogP contribution >= 0.6 is 11.8 Å². The van der Waals surface area contributed by atoms with Gasteiger partial charge in [0.05, 0.1) is 5.60 Å². The molecule has 0 radical (unpaired) electrons. The lowest BCUT2D eigenvalue weighted by atomic mass is 9.87. The first-order valence-corrected chi connectivity index (χ1v) is 15.8. The molecule has 1 aromatic rings. The number of hydrogen-bond donors (Lipinski definition) is 7. The Kier molecular flexibility index (Phi) is 12.4. The van der Waals surface area contributed by atoms with Gasteiger partial charge in [0.1, 0.15) is 17.8 Å². The summed E-state index contributed by atoms with van der Waals surface area (Å²) < 4.78 is 53.5. The molecular formula is C31H44N2O18S. The Hall–Kier alpha value is -4.09. The highest BCUT2D eigenvalue weighted by Crippen LogP contribution is 2.51. The number of aliphatic carboxylic acids is 1. The van der Waals surface area contributed by atoms with E-state index in [1.54, 1.807) is 20.8 Å². The van der Waals surface area contributed by atoms with Gasteiger partial charge in [0, 0.05) is 45.9 Å². The fourth-order valence-corrected chi connectivity index (χ4v) is 6.02. The number of hydroxylamine groups is 1. The molecule has 0 bridgehead atoms. The lowest BCUT2D eigenvalue weighted by molar-refractivity contribution is -0.509. The highest BCUT2D eigenvalue weighted by molar-refractivity contribution is 7.99. The van der Waals surface area contributed by atoms with E-state index < -0.39 is 122 Å². The molecule has 1 saturated heterocycles. The molecule has 2 unspecified atom stereocenters. The van der Waals surface area contributed by atoms with Crippen molar-refractivity contribution in [3.63, 3.8) is 0 Å². The number of benzene rings is 1. The molecule has 1 aliphatic rings. The number of aromatic hydroxyl groups is 1. The maximum atomic E-state index is 13.9. The van der Waals surface area contributed by atoms with Gasteiger partial charge in [-0.25, -0.2) is 4.79 Å². The molecule has 1 amide bonds. The van der Waals surface area contributed by atoms with Crippen molar-refractivity contribution in [1.29, 1.82) is 0 Å². The predicted octanol–water partition coefficient (Wildman–Crippen LogP) is -1.37. The molecule has 0 aliphatic carbocycles. The van der Waals surface area contributed by atoms with E-state index in [1.165, 1.54) is 24.3 Å². The zero-order valence-corrected chi connectivity index (χ0v) is 29.2. The Morgan fingerprint density at radius 1 is 0.942 bits per heavy atom. The Labute approximate surface area is 307 Å². The van der Waals surface area contributed by atoms with Gasteiger partial charge in [-0.15, -0.1) is 11.8 Å². The molecule has 1 aliphatic heterocycles. The van der Waals surface area contributed by atoms with E-state index in [0.717, 1.165) is 7.05 Å². The number of esters is 4. The lowest BCUT2D eigenvalue weighted by Crippen LogP contribution is -2.83. The van der Waals surface area contributed by atoms with Crippen LogP contribution in [-0.2, 0) is 63.7 Å². The van der Waals surface area contributed by atoms with Crippen LogP contribution in [0.15, 0.2) is 24.3 Å². The van der Waals surface area contributed by atoms with Gasteiger partial charge in [0.2, 0.25) is 12.2 Å². The number of rotatable bonds is 15. The monoisotopic (exact) mass is 768 g/mol. The van der Waals surface area contributed by atoms with Crippen LogP contribution in [0.1, 0.15) is 59.4 Å². The summed E-state index contributed by atoms with van der Waals surface area (Å²) >= 11 is 0.0418. The third-order valence-corrected chi connectivity index (χ3v) is 8.19. The second-order valence-electron chi connectivity index (χ2n) is 12.1. The summed E-state index contributed by atoms with van der Waals surface area (Å²) in [6.07, 6.45) is -5.97. The molecule has 1 aromatic carbocycles. The van der Waals surface area contributed by atoms with Crippen molar-refractivity contribution in [2.75, 3.05) is 12.8 Å². The fourth-order valence-electron chi connectivity index (χ4n) is 4.66. The van der Waals surface area contributed by atoms with Gasteiger partial charge in [0.25, 0.3) is 0 Å². The Morgan fingerprint density at radius 2 is 1.48 bits per heavy atom. The summed E-state index contributed by atoms with van der Waals surface area (Å²) in [4.78, 5) is 82.2. The van der Waals surface area contributed by atoms with E-state index in [4.69, 9.17) is 24.5 Å². The summed E-state index contributed by atoms with van der Waals surface area (Å²) in [6.45, 7) is -0.390. The zero-order valence-electron chi connectivity index (χ0n) is 32.4. The molecule has 52 heavy (non-hydrogen) atoms. The maximum absolute atomic E-state index is 13.9. The Balaban J connectivity index is 2.72. The molecule has 7 N–H and O–H groups in total. The molecule has 8 atom stereocenters. The minimum absolute atomic E-state index is 0.0418. The average molecular weight is 769 g/mol. The van der Waals surface area contributed by atoms with E-state index >= 15 is 0 Å². The SMILES string of the molecule is [2H]CC(=O)OC(O)[C@H]1OC(SC[C@@H](C(=O)O)N(C)C(=O)[C@H](Cc2ccc(O)cc2)NOC(C)(C)C)[C@@](O)(OC(=O)C[2H])[C@](O)(OC(=O)C[2H])[C@@]1(O)OC(=O)C[2H]. The van der Waals surface area contributed by atoms with Crippen LogP contribution in [0.2, 0.25) is 0 Å². The number of carbonyl (C=O) groups excluding carboxylic acids is 5. The first-order valence-electron chi connectivity index (χ1n) is 17.6. The minimum Gasteiger partial charge on any atom is -0.508 e. The molecule has 0 aromatic heterocycles. The number of carboxylic acids is 1. The van der Waals surface area contributed by atoms with Crippen molar-refractivity contribution in [2.45, 2.75) is 108 Å². The van der Waals surface area contributed by atoms with Gasteiger partial charge in [-0.1, -0.05) is 12.1 Å². The standard InChI is InChI=1S/C31H44N2O18S/c1-15(34)46-26(42)23-29(43,48-16(2)35)31(45,50-18(4)37)30(44,49-17(3)36)27(47-23)52-14-22(25(40)41)33(8)24(39)21(32-51-28(5,6)7)13-19-9-11-20(38)12-10-19/h9-12,21-23,26-27,32,38,42-45H,13-14H2,1-8H3,(H,40,41)/t21-,22-,23+,26?,27?,29-,30+,31+/m0/s1/i1D,2D,3D,4D. The van der Waals surface area contributed by atoms with Crippen LogP contribution in [0.3, 0.4) is 0 Å². The van der Waals surface area contributed by atoms with Crippen LogP contribution < -0.4 is 5.48 Å². The van der Waals surface area contributed by atoms with Gasteiger partial charge in [-0.05, 0) is 44.9 Å². The predicted molar refractivity (Wildman–Crippen MR) is 173 cm³/mol. The van der Waals surface area contributed by atoms with Crippen molar-refractivity contribution in [1.82, 2.24) is 10.4 Å². The van der Waals surface area contributed by atoms with Gasteiger partial charge in [-0.3, -0.25) is 28.8 Å². The summed E-state index contributed by atoms with van der Waals surface area (Å²) in [5, 5.41) is 66.3. The lowest BCUT2D eigenvalue weighted by Gasteiger charge is -2.56. The molecule has 1 fully saturated rings. The molecular weight excluding hydrogens is 720 g/mol. The number of carboxylic acid groups (broad SMARTS) is 1. The van der Waals surface area contributed by atoms with E-state index in [9.17, 15) is 59.4 Å². The quantitative estimate of drug-likeness (QED) is 0.0469. The van der Waals surface area contributed by atoms with E-state index in [2.05, 4.69) is 15.0 Å². The molecule has 292 valence electrons. The number of phenols is 1. The van der Waals surface area contributed by atoms with Crippen LogP contribution in [0.25, 0.3) is 0 Å². The first-order chi connectivity index (χ1) is 25.9. The summed E-state index contributed by atoms with van der Waals surface area (Å²) in [7, 11) is 1.05. The number of likely N-dealkylation sites (N-methyl/N-ethyl adjacent to an activating group) is 1. The second-order valence-corrected chi connectivity index (χ2v) is 13.2. The van der Waals surface area contributed by atoms with Crippen molar-refractivity contribution < 1.29 is 93.4 Å². The van der Waals surface area contributed by atoms with Crippen molar-refractivity contribution in [3.05, 3.63) is 29.8 Å². The number of thioether (sulfide) groups is 1. The van der Waals surface area contributed by atoms with E-state index in [0.29, 0.717) is 10.5 Å². The minimum atomic E-state index is -4.42. The molecule has 1 heterocycles. The molecule has 0 spiro atoms. The van der Waals surface area contributed by atoms with Crippen molar-refractivity contribution in [2.24, 2.45) is 0 Å². The van der Waals surface area contributed by atoms with E-state index in [-0.39, 0.29) is 23.9 Å².